The van der Waals surface area contributed by atoms with Gasteiger partial charge in [-0.15, -0.1) is 0 Å². The average Bonchev–Trinajstić information content (AvgIpc) is 3.24. The maximum Gasteiger partial charge on any atom is 0.255 e. The van der Waals surface area contributed by atoms with Gasteiger partial charge in [0.05, 0.1) is 6.54 Å². The number of imide groups is 3. The van der Waals surface area contributed by atoms with E-state index in [-0.39, 0.29) is 0 Å². The number of aliphatic hydroxyl groups is 2. The van der Waals surface area contributed by atoms with Crippen molar-refractivity contribution in [3.05, 3.63) is 36.5 Å². The Balaban J connectivity index is 1.88. The predicted molar refractivity (Wildman–Crippen MR) is 83.6 cm³/mol. The van der Waals surface area contributed by atoms with Crippen LogP contribution in [0.25, 0.3) is 0 Å². The molecular formula is C16H13N3O8. The smallest absolute Gasteiger partial charge is 0.255 e. The van der Waals surface area contributed by atoms with Gasteiger partial charge in [-0.25, -0.2) is 0 Å². The molecule has 0 fully saturated rings. The summed E-state index contributed by atoms with van der Waals surface area (Å²) in [4.78, 5) is 72.7. The molecule has 0 spiro atoms. The van der Waals surface area contributed by atoms with Crippen molar-refractivity contribution in [2.45, 2.75) is 18.4 Å². The minimum absolute atomic E-state index is 0.447. The van der Waals surface area contributed by atoms with Crippen LogP contribution in [0.1, 0.15) is 0 Å². The molecule has 0 aliphatic carbocycles. The lowest BCUT2D eigenvalue weighted by molar-refractivity contribution is -0.166. The number of nitrogens with zero attached hydrogens (tertiary/aromatic N) is 3. The minimum atomic E-state index is -2.04. The van der Waals surface area contributed by atoms with Crippen LogP contribution in [0.2, 0.25) is 0 Å². The van der Waals surface area contributed by atoms with Crippen LogP contribution >= 0.6 is 0 Å². The highest BCUT2D eigenvalue weighted by Gasteiger charge is 2.47. The molecule has 0 bridgehead atoms. The molecule has 2 atom stereocenters. The van der Waals surface area contributed by atoms with Gasteiger partial charge < -0.3 is 10.2 Å². The third kappa shape index (κ3) is 3.09. The topological polar surface area (TPSA) is 153 Å². The molecule has 11 nitrogen and oxygen atoms in total. The van der Waals surface area contributed by atoms with E-state index < -0.39 is 60.4 Å². The zero-order valence-electron chi connectivity index (χ0n) is 13.6. The van der Waals surface area contributed by atoms with E-state index in [4.69, 9.17) is 0 Å². The van der Waals surface area contributed by atoms with Gasteiger partial charge in [0.25, 0.3) is 35.4 Å². The third-order valence-corrected chi connectivity index (χ3v) is 4.19. The minimum Gasteiger partial charge on any atom is -0.388 e. The van der Waals surface area contributed by atoms with Gasteiger partial charge in [-0.3, -0.25) is 43.5 Å². The normalized spacial score (nSPS) is 21.7. The van der Waals surface area contributed by atoms with E-state index in [9.17, 15) is 39.0 Å². The van der Waals surface area contributed by atoms with Crippen LogP contribution in [0, 0.1) is 0 Å². The summed E-state index contributed by atoms with van der Waals surface area (Å²) in [5.41, 5.74) is 0. The number of carbonyl (C=O) groups excluding carboxylic acids is 6. The lowest BCUT2D eigenvalue weighted by atomic mass is 10.1. The molecule has 0 aromatic rings. The second-order valence-electron chi connectivity index (χ2n) is 5.85. The monoisotopic (exact) mass is 375 g/mol. The largest absolute Gasteiger partial charge is 0.388 e. The molecule has 0 saturated carbocycles. The lowest BCUT2D eigenvalue weighted by Crippen LogP contribution is -2.62. The summed E-state index contributed by atoms with van der Waals surface area (Å²) in [5.74, 6) is -5.07. The highest BCUT2D eigenvalue weighted by molar-refractivity contribution is 6.16. The van der Waals surface area contributed by atoms with Crippen molar-refractivity contribution < 1.29 is 39.0 Å². The van der Waals surface area contributed by atoms with E-state index in [0.717, 1.165) is 36.5 Å². The highest BCUT2D eigenvalue weighted by Crippen LogP contribution is 2.22. The molecule has 11 heteroatoms. The fraction of sp³-hybridized carbons (Fsp3) is 0.250. The Hall–Kier alpha value is -3.44. The summed E-state index contributed by atoms with van der Waals surface area (Å²) in [6.07, 6.45) is -0.298. The number of carbonyl (C=O) groups is 6. The molecule has 3 rings (SSSR count). The van der Waals surface area contributed by atoms with E-state index in [2.05, 4.69) is 0 Å². The molecule has 2 unspecified atom stereocenters. The van der Waals surface area contributed by atoms with E-state index >= 15 is 0 Å². The first-order valence-corrected chi connectivity index (χ1v) is 7.72. The Morgan fingerprint density at radius 2 is 0.963 bits per heavy atom. The Morgan fingerprint density at radius 1 is 0.630 bits per heavy atom. The maximum absolute atomic E-state index is 12.0. The predicted octanol–water partition coefficient (Wildman–Crippen LogP) is -3.19. The van der Waals surface area contributed by atoms with Gasteiger partial charge in [-0.1, -0.05) is 0 Å². The van der Waals surface area contributed by atoms with Crippen LogP contribution in [0.3, 0.4) is 0 Å². The first-order valence-electron chi connectivity index (χ1n) is 7.72. The lowest BCUT2D eigenvalue weighted by Gasteiger charge is -2.37. The first kappa shape index (κ1) is 18.4. The highest BCUT2D eigenvalue weighted by atomic mass is 16.3. The van der Waals surface area contributed by atoms with Crippen LogP contribution in [0.15, 0.2) is 36.5 Å². The second-order valence-corrected chi connectivity index (χ2v) is 5.85. The van der Waals surface area contributed by atoms with Crippen LogP contribution in [0.4, 0.5) is 0 Å². The van der Waals surface area contributed by atoms with E-state index in [1.165, 1.54) is 0 Å². The number of rotatable bonds is 6. The second kappa shape index (κ2) is 6.70. The van der Waals surface area contributed by atoms with Gasteiger partial charge in [0.1, 0.15) is 12.2 Å². The van der Waals surface area contributed by atoms with Gasteiger partial charge in [0, 0.05) is 36.5 Å². The van der Waals surface area contributed by atoms with Crippen molar-refractivity contribution >= 4 is 35.4 Å². The average molecular weight is 375 g/mol. The number of β-amino-alcohol motifs (C(OH)–C–C–N with tert-alkyl or cyclic N) is 1. The van der Waals surface area contributed by atoms with Crippen LogP contribution < -0.4 is 0 Å². The van der Waals surface area contributed by atoms with Crippen molar-refractivity contribution in [2.24, 2.45) is 0 Å². The molecule has 27 heavy (non-hydrogen) atoms. The fourth-order valence-electron chi connectivity index (χ4n) is 2.87. The van der Waals surface area contributed by atoms with Gasteiger partial charge >= 0.3 is 0 Å². The van der Waals surface area contributed by atoms with Crippen molar-refractivity contribution in [3.8, 4) is 0 Å². The molecule has 0 aromatic carbocycles. The first-order chi connectivity index (χ1) is 12.7. The standard InChI is InChI=1S/C16H13N3O8/c20-8(7-17-9(21)1-2-10(17)22)15(27)16(18-11(23)3-4-12(18)24)19-13(25)5-6-14(19)26/h1-6,8,15-16,20,27H,7H2. The molecule has 3 aliphatic rings. The molecule has 6 amide bonds. The summed E-state index contributed by atoms with van der Waals surface area (Å²) in [7, 11) is 0. The van der Waals surface area contributed by atoms with Gasteiger partial charge in [-0.05, 0) is 0 Å². The van der Waals surface area contributed by atoms with Crippen molar-refractivity contribution in [1.82, 2.24) is 14.7 Å². The molecule has 3 heterocycles. The maximum atomic E-state index is 12.0. The third-order valence-electron chi connectivity index (χ3n) is 4.19. The molecule has 3 aliphatic heterocycles. The van der Waals surface area contributed by atoms with E-state index in [1.54, 1.807) is 0 Å². The fourth-order valence-corrected chi connectivity index (χ4v) is 2.87. The van der Waals surface area contributed by atoms with E-state index in [1.807, 2.05) is 0 Å². The van der Waals surface area contributed by atoms with Crippen LogP contribution in [0.5, 0.6) is 0 Å². The summed E-state index contributed by atoms with van der Waals surface area (Å²) in [5, 5.41) is 20.8. The quantitative estimate of drug-likeness (QED) is 0.461. The van der Waals surface area contributed by atoms with Gasteiger partial charge in [-0.2, -0.15) is 0 Å². The summed E-state index contributed by atoms with van der Waals surface area (Å²) < 4.78 is 0. The van der Waals surface area contributed by atoms with Crippen molar-refractivity contribution in [1.29, 1.82) is 0 Å². The molecule has 0 radical (unpaired) electrons. The summed E-state index contributed by atoms with van der Waals surface area (Å²) >= 11 is 0. The van der Waals surface area contributed by atoms with Crippen LogP contribution in [-0.4, -0.2) is 85.3 Å². The molecule has 0 saturated heterocycles. The van der Waals surface area contributed by atoms with E-state index in [0.29, 0.717) is 14.7 Å². The Labute approximate surface area is 151 Å². The van der Waals surface area contributed by atoms with Crippen molar-refractivity contribution in [2.75, 3.05) is 6.54 Å². The zero-order chi connectivity index (χ0) is 19.9. The number of hydrogen-bond acceptors (Lipinski definition) is 8. The van der Waals surface area contributed by atoms with Crippen molar-refractivity contribution in [3.63, 3.8) is 0 Å². The molecule has 140 valence electrons. The molecular weight excluding hydrogens is 362 g/mol. The Morgan fingerprint density at radius 3 is 1.33 bits per heavy atom. The van der Waals surface area contributed by atoms with Gasteiger partial charge in [0.15, 0.2) is 6.17 Å². The van der Waals surface area contributed by atoms with Gasteiger partial charge in [0.2, 0.25) is 0 Å². The Kier molecular flexibility index (Phi) is 4.56. The van der Waals surface area contributed by atoms with Crippen LogP contribution in [-0.2, 0) is 28.8 Å². The molecule has 0 aromatic heterocycles. The molecule has 2 N–H and O–H groups in total. The summed E-state index contributed by atoms with van der Waals surface area (Å²) in [6, 6.07) is 0. The number of aliphatic hydroxyl groups excluding tert-OH is 2. The number of hydrogen-bond donors (Lipinski definition) is 2. The SMILES string of the molecule is O=C1C=CC(=O)N1CC(O)C(O)C(N1C(=O)C=CC1=O)N1C(=O)C=CC1=O. The zero-order valence-corrected chi connectivity index (χ0v) is 13.6. The summed E-state index contributed by atoms with van der Waals surface area (Å²) in [6.45, 7) is -0.671. The Bertz CT molecular complexity index is 762. The number of amides is 6.